The number of benzene rings is 1. The highest BCUT2D eigenvalue weighted by molar-refractivity contribution is 5.75. The molecule has 3 N–H and O–H groups in total. The van der Waals surface area contributed by atoms with Crippen LogP contribution in [0.5, 0.6) is 0 Å². The maximum absolute atomic E-state index is 13.0. The van der Waals surface area contributed by atoms with Crippen LogP contribution in [0.3, 0.4) is 0 Å². The highest BCUT2D eigenvalue weighted by Crippen LogP contribution is 2.27. The number of aromatic nitrogens is 2. The summed E-state index contributed by atoms with van der Waals surface area (Å²) in [6.07, 6.45) is 0.731. The highest BCUT2D eigenvalue weighted by Gasteiger charge is 2.35. The zero-order valence-corrected chi connectivity index (χ0v) is 8.66. The van der Waals surface area contributed by atoms with E-state index in [-0.39, 0.29) is 5.82 Å². The van der Waals surface area contributed by atoms with E-state index in [0.717, 1.165) is 11.9 Å². The molecule has 4 nitrogen and oxygen atoms in total. The van der Waals surface area contributed by atoms with Crippen molar-refractivity contribution in [3.63, 3.8) is 0 Å². The van der Waals surface area contributed by atoms with Crippen molar-refractivity contribution in [2.45, 2.75) is 12.0 Å². The number of nitrogens with two attached hydrogens (primary N) is 1. The molecule has 0 saturated carbocycles. The summed E-state index contributed by atoms with van der Waals surface area (Å²) in [7, 11) is 0. The van der Waals surface area contributed by atoms with Crippen LogP contribution in [-0.4, -0.2) is 23.2 Å². The number of fused-ring (bicyclic) bond motifs is 1. The van der Waals surface area contributed by atoms with Crippen LogP contribution < -0.4 is 5.73 Å². The normalized spacial score (nSPS) is 25.4. The van der Waals surface area contributed by atoms with Gasteiger partial charge in [0.05, 0.1) is 17.6 Å². The third-order valence-electron chi connectivity index (χ3n) is 2.97. The molecule has 1 unspecified atom stereocenters. The van der Waals surface area contributed by atoms with Crippen LogP contribution >= 0.6 is 0 Å². The first-order valence-corrected chi connectivity index (χ1v) is 5.20. The molecule has 1 saturated heterocycles. The molecular weight excluding hydrogens is 209 g/mol. The molecule has 0 aliphatic carbocycles. The number of nitrogens with one attached hydrogen (secondary N) is 1. The number of aromatic amines is 1. The minimum atomic E-state index is -0.560. The second kappa shape index (κ2) is 3.26. The molecular formula is C11H12FN3O. The van der Waals surface area contributed by atoms with Gasteiger partial charge in [-0.25, -0.2) is 9.37 Å². The number of halogens is 1. The molecule has 16 heavy (non-hydrogen) atoms. The predicted molar refractivity (Wildman–Crippen MR) is 57.4 cm³/mol. The second-order valence-corrected chi connectivity index (χ2v) is 4.21. The summed E-state index contributed by atoms with van der Waals surface area (Å²) in [6, 6.07) is 4.45. The Labute approximate surface area is 91.6 Å². The molecule has 2 heterocycles. The number of hydrogen-bond donors (Lipinski definition) is 2. The first-order chi connectivity index (χ1) is 7.67. The van der Waals surface area contributed by atoms with E-state index in [2.05, 4.69) is 9.97 Å². The number of hydrogen-bond acceptors (Lipinski definition) is 3. The van der Waals surface area contributed by atoms with Gasteiger partial charge in [-0.05, 0) is 24.6 Å². The molecule has 0 bridgehead atoms. The molecule has 3 rings (SSSR count). The summed E-state index contributed by atoms with van der Waals surface area (Å²) in [4.78, 5) is 7.44. The Morgan fingerprint density at radius 1 is 1.50 bits per heavy atom. The lowest BCUT2D eigenvalue weighted by Gasteiger charge is -2.17. The van der Waals surface area contributed by atoms with Gasteiger partial charge in [-0.15, -0.1) is 0 Å². The molecule has 0 spiro atoms. The van der Waals surface area contributed by atoms with Crippen LogP contribution in [0.25, 0.3) is 11.0 Å². The summed E-state index contributed by atoms with van der Waals surface area (Å²) in [5.74, 6) is 0.391. The topological polar surface area (TPSA) is 63.9 Å². The Bertz CT molecular complexity index is 531. The molecule has 1 atom stereocenters. The molecule has 1 fully saturated rings. The van der Waals surface area contributed by atoms with Gasteiger partial charge in [0.1, 0.15) is 17.2 Å². The summed E-state index contributed by atoms with van der Waals surface area (Å²) < 4.78 is 18.3. The average Bonchev–Trinajstić information content (AvgIpc) is 2.84. The van der Waals surface area contributed by atoms with Crippen LogP contribution in [0, 0.1) is 5.82 Å². The standard InChI is InChI=1S/C11H12FN3O/c12-7-1-2-8-9(5-7)15-10(14-8)11(13)3-4-16-6-11/h1-2,5H,3-4,6,13H2,(H,14,15). The molecule has 0 radical (unpaired) electrons. The number of nitrogens with zero attached hydrogens (tertiary/aromatic N) is 1. The van der Waals surface area contributed by atoms with Crippen molar-refractivity contribution in [3.05, 3.63) is 29.8 Å². The van der Waals surface area contributed by atoms with Crippen molar-refractivity contribution >= 4 is 11.0 Å². The number of ether oxygens (including phenoxy) is 1. The van der Waals surface area contributed by atoms with E-state index < -0.39 is 5.54 Å². The van der Waals surface area contributed by atoms with Crippen molar-refractivity contribution in [2.75, 3.05) is 13.2 Å². The van der Waals surface area contributed by atoms with Crippen molar-refractivity contribution in [2.24, 2.45) is 5.73 Å². The fourth-order valence-corrected chi connectivity index (χ4v) is 1.99. The van der Waals surface area contributed by atoms with Crippen LogP contribution in [0.4, 0.5) is 4.39 Å². The van der Waals surface area contributed by atoms with Crippen molar-refractivity contribution < 1.29 is 9.13 Å². The molecule has 1 aromatic carbocycles. The van der Waals surface area contributed by atoms with Crippen LogP contribution in [0.15, 0.2) is 18.2 Å². The zero-order valence-electron chi connectivity index (χ0n) is 8.66. The van der Waals surface area contributed by atoms with Crippen LogP contribution in [0.1, 0.15) is 12.2 Å². The smallest absolute Gasteiger partial charge is 0.129 e. The third kappa shape index (κ3) is 1.40. The monoisotopic (exact) mass is 221 g/mol. The maximum Gasteiger partial charge on any atom is 0.129 e. The molecule has 5 heteroatoms. The Kier molecular flexibility index (Phi) is 1.99. The van der Waals surface area contributed by atoms with Gasteiger partial charge in [0.15, 0.2) is 0 Å². The van der Waals surface area contributed by atoms with E-state index in [1.165, 1.54) is 12.1 Å². The summed E-state index contributed by atoms with van der Waals surface area (Å²) >= 11 is 0. The first-order valence-electron chi connectivity index (χ1n) is 5.20. The minimum Gasteiger partial charge on any atom is -0.379 e. The van der Waals surface area contributed by atoms with Gasteiger partial charge >= 0.3 is 0 Å². The van der Waals surface area contributed by atoms with Gasteiger partial charge in [-0.2, -0.15) is 0 Å². The fraction of sp³-hybridized carbons (Fsp3) is 0.364. The average molecular weight is 221 g/mol. The summed E-state index contributed by atoms with van der Waals surface area (Å²) in [6.45, 7) is 1.09. The van der Waals surface area contributed by atoms with Gasteiger partial charge in [0.2, 0.25) is 0 Å². The Hall–Kier alpha value is -1.46. The Morgan fingerprint density at radius 3 is 3.12 bits per heavy atom. The van der Waals surface area contributed by atoms with Crippen LogP contribution in [-0.2, 0) is 10.3 Å². The van der Waals surface area contributed by atoms with E-state index in [1.54, 1.807) is 6.07 Å². The lowest BCUT2D eigenvalue weighted by molar-refractivity contribution is 0.176. The zero-order chi connectivity index (χ0) is 11.2. The number of H-pyrrole nitrogens is 1. The van der Waals surface area contributed by atoms with Crippen molar-refractivity contribution in [1.82, 2.24) is 9.97 Å². The van der Waals surface area contributed by atoms with Crippen molar-refractivity contribution in [1.29, 1.82) is 0 Å². The molecule has 1 aliphatic heterocycles. The predicted octanol–water partition coefficient (Wildman–Crippen LogP) is 1.28. The van der Waals surface area contributed by atoms with Crippen molar-refractivity contribution in [3.8, 4) is 0 Å². The van der Waals surface area contributed by atoms with E-state index in [1.807, 2.05) is 0 Å². The van der Waals surface area contributed by atoms with Gasteiger partial charge in [-0.1, -0.05) is 0 Å². The Morgan fingerprint density at radius 2 is 2.38 bits per heavy atom. The quantitative estimate of drug-likeness (QED) is 0.762. The lowest BCUT2D eigenvalue weighted by Crippen LogP contribution is -2.38. The van der Waals surface area contributed by atoms with E-state index in [4.69, 9.17) is 10.5 Å². The molecule has 1 aromatic heterocycles. The second-order valence-electron chi connectivity index (χ2n) is 4.21. The van der Waals surface area contributed by atoms with E-state index in [0.29, 0.717) is 24.6 Å². The number of rotatable bonds is 1. The van der Waals surface area contributed by atoms with Gasteiger partial charge in [0, 0.05) is 6.61 Å². The van der Waals surface area contributed by atoms with E-state index >= 15 is 0 Å². The third-order valence-corrected chi connectivity index (χ3v) is 2.97. The molecule has 2 aromatic rings. The minimum absolute atomic E-state index is 0.281. The fourth-order valence-electron chi connectivity index (χ4n) is 1.99. The first kappa shape index (κ1) is 9.74. The lowest BCUT2D eigenvalue weighted by atomic mass is 10.00. The van der Waals surface area contributed by atoms with Gasteiger partial charge in [0.25, 0.3) is 0 Å². The molecule has 84 valence electrons. The Balaban J connectivity index is 2.11. The molecule has 0 amide bonds. The number of imidazole rings is 1. The SMILES string of the molecule is NC1(c2nc3ccc(F)cc3[nH]2)CCOC1. The highest BCUT2D eigenvalue weighted by atomic mass is 19.1. The van der Waals surface area contributed by atoms with Gasteiger partial charge < -0.3 is 15.5 Å². The van der Waals surface area contributed by atoms with Crippen LogP contribution in [0.2, 0.25) is 0 Å². The maximum atomic E-state index is 13.0. The largest absolute Gasteiger partial charge is 0.379 e. The molecule has 1 aliphatic rings. The van der Waals surface area contributed by atoms with E-state index in [9.17, 15) is 4.39 Å². The van der Waals surface area contributed by atoms with Gasteiger partial charge in [-0.3, -0.25) is 0 Å². The summed E-state index contributed by atoms with van der Waals surface area (Å²) in [5, 5.41) is 0. The summed E-state index contributed by atoms with van der Waals surface area (Å²) in [5.41, 5.74) is 7.01.